The summed E-state index contributed by atoms with van der Waals surface area (Å²) in [6.07, 6.45) is 4.44. The Hall–Kier alpha value is -0.980. The third-order valence-electron chi connectivity index (χ3n) is 5.29. The van der Waals surface area contributed by atoms with Crippen LogP contribution in [0.2, 0.25) is 0 Å². The van der Waals surface area contributed by atoms with E-state index in [1.165, 1.54) is 50.2 Å². The zero-order chi connectivity index (χ0) is 16.4. The maximum atomic E-state index is 13.0. The highest BCUT2D eigenvalue weighted by Gasteiger charge is 2.35. The lowest BCUT2D eigenvalue weighted by atomic mass is 9.96. The molecule has 0 radical (unpaired) electrons. The fraction of sp³-hybridized carbons (Fsp3) is 0.647. The first-order valence-electron chi connectivity index (χ1n) is 8.57. The topological polar surface area (TPSA) is 41.8 Å². The average molecular weight is 341 g/mol. The van der Waals surface area contributed by atoms with E-state index in [0.717, 1.165) is 18.8 Å². The summed E-state index contributed by atoms with van der Waals surface area (Å²) in [6.45, 7) is 5.90. The fourth-order valence-corrected chi connectivity index (χ4v) is 5.43. The van der Waals surface area contributed by atoms with E-state index >= 15 is 0 Å². The van der Waals surface area contributed by atoms with Gasteiger partial charge in [0.25, 0.3) is 0 Å². The lowest BCUT2D eigenvalue weighted by Crippen LogP contribution is -3.17. The maximum absolute atomic E-state index is 13.0. The molecule has 2 atom stereocenters. The van der Waals surface area contributed by atoms with Crippen LogP contribution in [0.4, 0.5) is 4.39 Å². The van der Waals surface area contributed by atoms with E-state index < -0.39 is 15.8 Å². The van der Waals surface area contributed by atoms with Gasteiger partial charge in [0.05, 0.1) is 24.0 Å². The highest BCUT2D eigenvalue weighted by molar-refractivity contribution is 7.89. The molecule has 0 bridgehead atoms. The van der Waals surface area contributed by atoms with Crippen LogP contribution in [0.15, 0.2) is 29.2 Å². The van der Waals surface area contributed by atoms with Gasteiger partial charge in [-0.15, -0.1) is 0 Å². The van der Waals surface area contributed by atoms with E-state index in [2.05, 4.69) is 6.92 Å². The van der Waals surface area contributed by atoms with Crippen LogP contribution in [0.3, 0.4) is 0 Å². The molecule has 2 heterocycles. The Morgan fingerprint density at radius 2 is 1.78 bits per heavy atom. The van der Waals surface area contributed by atoms with Crippen molar-refractivity contribution in [3.05, 3.63) is 30.1 Å². The molecule has 128 valence electrons. The number of hydrogen-bond acceptors (Lipinski definition) is 2. The van der Waals surface area contributed by atoms with Crippen molar-refractivity contribution >= 4 is 10.0 Å². The number of nitrogens with zero attached hydrogens (tertiary/aromatic N) is 1. The Morgan fingerprint density at radius 1 is 1.13 bits per heavy atom. The molecule has 1 unspecified atom stereocenters. The standard InChI is InChI=1S/C17H25FN2O2S/c1-14-3-2-10-19(13-14)16-8-11-20(12-9-16)23(21,22)17-6-4-15(18)5-7-17/h4-7,14,16H,2-3,8-13H2,1H3/p+1/t14-/m0/s1. The second kappa shape index (κ2) is 6.87. The van der Waals surface area contributed by atoms with Crippen LogP contribution in [0, 0.1) is 11.7 Å². The molecule has 2 aliphatic rings. The van der Waals surface area contributed by atoms with Gasteiger partial charge in [0.2, 0.25) is 10.0 Å². The second-order valence-electron chi connectivity index (χ2n) is 6.99. The quantitative estimate of drug-likeness (QED) is 0.900. The van der Waals surface area contributed by atoms with Gasteiger partial charge in [-0.25, -0.2) is 12.8 Å². The number of likely N-dealkylation sites (tertiary alicyclic amines) is 1. The largest absolute Gasteiger partial charge is 0.332 e. The molecule has 4 nitrogen and oxygen atoms in total. The number of sulfonamides is 1. The van der Waals surface area contributed by atoms with Crippen molar-refractivity contribution in [1.29, 1.82) is 0 Å². The normalized spacial score (nSPS) is 27.9. The number of rotatable bonds is 3. The van der Waals surface area contributed by atoms with E-state index in [4.69, 9.17) is 0 Å². The fourth-order valence-electron chi connectivity index (χ4n) is 3.96. The average Bonchev–Trinajstić information content (AvgIpc) is 2.55. The summed E-state index contributed by atoms with van der Waals surface area (Å²) in [6, 6.07) is 5.71. The minimum Gasteiger partial charge on any atom is -0.332 e. The number of piperidine rings is 2. The van der Waals surface area contributed by atoms with E-state index in [0.29, 0.717) is 19.1 Å². The third kappa shape index (κ3) is 3.75. The molecule has 2 saturated heterocycles. The molecule has 2 fully saturated rings. The summed E-state index contributed by atoms with van der Waals surface area (Å²) < 4.78 is 39.8. The summed E-state index contributed by atoms with van der Waals surface area (Å²) in [5, 5.41) is 0. The molecule has 0 aliphatic carbocycles. The highest BCUT2D eigenvalue weighted by Crippen LogP contribution is 2.21. The Balaban J connectivity index is 1.63. The lowest BCUT2D eigenvalue weighted by Gasteiger charge is -2.38. The second-order valence-corrected chi connectivity index (χ2v) is 8.93. The SMILES string of the molecule is C[C@H]1CCC[NH+](C2CCN(S(=O)(=O)c3ccc(F)cc3)CC2)C1. The van der Waals surface area contributed by atoms with Crippen LogP contribution in [0.1, 0.15) is 32.6 Å². The smallest absolute Gasteiger partial charge is 0.243 e. The van der Waals surface area contributed by atoms with Gasteiger partial charge in [-0.2, -0.15) is 4.31 Å². The number of hydrogen-bond donors (Lipinski definition) is 1. The van der Waals surface area contributed by atoms with E-state index in [-0.39, 0.29) is 4.90 Å². The first-order chi connectivity index (χ1) is 11.0. The molecular weight excluding hydrogens is 315 g/mol. The van der Waals surface area contributed by atoms with Crippen molar-refractivity contribution in [2.75, 3.05) is 26.2 Å². The van der Waals surface area contributed by atoms with Crippen LogP contribution in [-0.2, 0) is 10.0 Å². The van der Waals surface area contributed by atoms with Gasteiger partial charge in [0, 0.05) is 31.8 Å². The molecule has 0 spiro atoms. The molecule has 23 heavy (non-hydrogen) atoms. The monoisotopic (exact) mass is 341 g/mol. The Morgan fingerprint density at radius 3 is 2.39 bits per heavy atom. The molecule has 1 N–H and O–H groups in total. The van der Waals surface area contributed by atoms with Gasteiger partial charge < -0.3 is 4.90 Å². The molecule has 6 heteroatoms. The minimum atomic E-state index is -3.49. The molecule has 2 aliphatic heterocycles. The van der Waals surface area contributed by atoms with Crippen LogP contribution in [0.25, 0.3) is 0 Å². The van der Waals surface area contributed by atoms with Crippen LogP contribution < -0.4 is 4.90 Å². The Bertz CT molecular complexity index is 624. The van der Waals surface area contributed by atoms with Crippen molar-refractivity contribution < 1.29 is 17.7 Å². The Kier molecular flexibility index (Phi) is 5.04. The van der Waals surface area contributed by atoms with Crippen LogP contribution in [0.5, 0.6) is 0 Å². The molecule has 1 aromatic carbocycles. The first kappa shape index (κ1) is 16.9. The van der Waals surface area contributed by atoms with E-state index in [1.54, 1.807) is 9.21 Å². The summed E-state index contributed by atoms with van der Waals surface area (Å²) in [7, 11) is -3.49. The zero-order valence-electron chi connectivity index (χ0n) is 13.7. The molecular formula is C17H26FN2O2S+. The van der Waals surface area contributed by atoms with Gasteiger partial charge in [-0.1, -0.05) is 6.92 Å². The molecule has 0 amide bonds. The summed E-state index contributed by atoms with van der Waals surface area (Å²) in [5.41, 5.74) is 0. The van der Waals surface area contributed by atoms with Crippen LogP contribution in [-0.4, -0.2) is 44.9 Å². The number of halogens is 1. The van der Waals surface area contributed by atoms with Gasteiger partial charge in [-0.05, 0) is 37.1 Å². The molecule has 3 rings (SSSR count). The Labute approximate surface area is 138 Å². The molecule has 1 aromatic rings. The summed E-state index contributed by atoms with van der Waals surface area (Å²) in [4.78, 5) is 1.85. The summed E-state index contributed by atoms with van der Waals surface area (Å²) in [5.74, 6) is 0.366. The molecule has 0 saturated carbocycles. The van der Waals surface area contributed by atoms with Crippen molar-refractivity contribution in [1.82, 2.24) is 4.31 Å². The maximum Gasteiger partial charge on any atom is 0.243 e. The third-order valence-corrected chi connectivity index (χ3v) is 7.20. The van der Waals surface area contributed by atoms with Crippen molar-refractivity contribution in [2.24, 2.45) is 5.92 Å². The number of nitrogens with one attached hydrogen (secondary N) is 1. The highest BCUT2D eigenvalue weighted by atomic mass is 32.2. The van der Waals surface area contributed by atoms with Crippen molar-refractivity contribution in [3.8, 4) is 0 Å². The van der Waals surface area contributed by atoms with Crippen molar-refractivity contribution in [3.63, 3.8) is 0 Å². The van der Waals surface area contributed by atoms with Gasteiger partial charge >= 0.3 is 0 Å². The van der Waals surface area contributed by atoms with Gasteiger partial charge in [0.1, 0.15) is 5.82 Å². The van der Waals surface area contributed by atoms with E-state index in [1.807, 2.05) is 0 Å². The van der Waals surface area contributed by atoms with Gasteiger partial charge in [-0.3, -0.25) is 0 Å². The predicted octanol–water partition coefficient (Wildman–Crippen LogP) is 1.29. The predicted molar refractivity (Wildman–Crippen MR) is 87.3 cm³/mol. The zero-order valence-corrected chi connectivity index (χ0v) is 14.5. The molecule has 0 aromatic heterocycles. The summed E-state index contributed by atoms with van der Waals surface area (Å²) >= 11 is 0. The lowest BCUT2D eigenvalue weighted by molar-refractivity contribution is -0.934. The van der Waals surface area contributed by atoms with E-state index in [9.17, 15) is 12.8 Å². The van der Waals surface area contributed by atoms with Gasteiger partial charge in [0.15, 0.2) is 0 Å². The van der Waals surface area contributed by atoms with Crippen LogP contribution >= 0.6 is 0 Å². The first-order valence-corrected chi connectivity index (χ1v) is 10.0. The van der Waals surface area contributed by atoms with Crippen molar-refractivity contribution in [2.45, 2.75) is 43.5 Å². The minimum absolute atomic E-state index is 0.191. The number of benzene rings is 1. The number of quaternary nitrogens is 1.